The van der Waals surface area contributed by atoms with Crippen molar-refractivity contribution in [3.63, 3.8) is 0 Å². The molecule has 0 heterocycles. The van der Waals surface area contributed by atoms with Gasteiger partial charge < -0.3 is 10.5 Å². The molecule has 2 nitrogen and oxygen atoms in total. The van der Waals surface area contributed by atoms with E-state index in [1.54, 1.807) is 0 Å². The summed E-state index contributed by atoms with van der Waals surface area (Å²) < 4.78 is 6.06. The summed E-state index contributed by atoms with van der Waals surface area (Å²) in [6, 6.07) is 12.9. The second kappa shape index (κ2) is 5.29. The predicted octanol–water partition coefficient (Wildman–Crippen LogP) is 3.83. The molecule has 0 radical (unpaired) electrons. The van der Waals surface area contributed by atoms with E-state index in [0.717, 1.165) is 18.6 Å². The summed E-state index contributed by atoms with van der Waals surface area (Å²) in [4.78, 5) is 0. The highest BCUT2D eigenvalue weighted by Crippen LogP contribution is 2.35. The van der Waals surface area contributed by atoms with Crippen LogP contribution in [0.15, 0.2) is 36.4 Å². The third-order valence-electron chi connectivity index (χ3n) is 4.16. The quantitative estimate of drug-likeness (QED) is 0.917. The van der Waals surface area contributed by atoms with Crippen LogP contribution in [0.25, 0.3) is 0 Å². The number of fused-ring (bicyclic) bond motifs is 1. The van der Waals surface area contributed by atoms with Crippen LogP contribution in [0.1, 0.15) is 40.3 Å². The topological polar surface area (TPSA) is 35.2 Å². The molecule has 2 N–H and O–H groups in total. The number of hydrogen-bond donors (Lipinski definition) is 1. The zero-order chi connectivity index (χ0) is 14.1. The SMILES string of the molecule is Cc1ccc(C)c(COc2cccc3c2CCC3N)c1. The van der Waals surface area contributed by atoms with Gasteiger partial charge in [-0.05, 0) is 55.0 Å². The minimum absolute atomic E-state index is 0.175. The maximum absolute atomic E-state index is 6.11. The van der Waals surface area contributed by atoms with Crippen molar-refractivity contribution in [1.82, 2.24) is 0 Å². The van der Waals surface area contributed by atoms with Crippen molar-refractivity contribution in [3.05, 3.63) is 64.2 Å². The first kappa shape index (κ1) is 13.2. The summed E-state index contributed by atoms with van der Waals surface area (Å²) in [6.07, 6.45) is 2.05. The second-order valence-corrected chi connectivity index (χ2v) is 5.69. The Balaban J connectivity index is 1.81. The average Bonchev–Trinajstić information content (AvgIpc) is 2.82. The van der Waals surface area contributed by atoms with Crippen LogP contribution in [0.3, 0.4) is 0 Å². The van der Waals surface area contributed by atoms with E-state index in [-0.39, 0.29) is 6.04 Å². The van der Waals surface area contributed by atoms with Crippen LogP contribution < -0.4 is 10.5 Å². The van der Waals surface area contributed by atoms with E-state index < -0.39 is 0 Å². The Labute approximate surface area is 120 Å². The number of nitrogens with two attached hydrogens (primary N) is 1. The Morgan fingerprint density at radius 3 is 2.90 bits per heavy atom. The molecule has 0 saturated carbocycles. The van der Waals surface area contributed by atoms with Crippen molar-refractivity contribution >= 4 is 0 Å². The zero-order valence-electron chi connectivity index (χ0n) is 12.1. The molecule has 104 valence electrons. The Morgan fingerprint density at radius 2 is 2.05 bits per heavy atom. The van der Waals surface area contributed by atoms with Gasteiger partial charge in [-0.1, -0.05) is 35.9 Å². The van der Waals surface area contributed by atoms with Gasteiger partial charge in [0.25, 0.3) is 0 Å². The van der Waals surface area contributed by atoms with Gasteiger partial charge in [-0.15, -0.1) is 0 Å². The molecule has 1 aliphatic rings. The minimum atomic E-state index is 0.175. The van der Waals surface area contributed by atoms with Gasteiger partial charge in [0.1, 0.15) is 12.4 Å². The summed E-state index contributed by atoms with van der Waals surface area (Å²) in [5, 5.41) is 0. The molecule has 1 aliphatic carbocycles. The van der Waals surface area contributed by atoms with Crippen molar-refractivity contribution in [2.45, 2.75) is 39.3 Å². The van der Waals surface area contributed by atoms with Crippen LogP contribution >= 0.6 is 0 Å². The highest BCUT2D eigenvalue weighted by molar-refractivity contribution is 5.45. The van der Waals surface area contributed by atoms with Gasteiger partial charge in [-0.25, -0.2) is 0 Å². The summed E-state index contributed by atoms with van der Waals surface area (Å²) in [7, 11) is 0. The van der Waals surface area contributed by atoms with E-state index >= 15 is 0 Å². The van der Waals surface area contributed by atoms with Crippen LogP contribution in [-0.4, -0.2) is 0 Å². The maximum atomic E-state index is 6.11. The molecular weight excluding hydrogens is 246 g/mol. The molecule has 0 saturated heterocycles. The van der Waals surface area contributed by atoms with Gasteiger partial charge in [-0.2, -0.15) is 0 Å². The van der Waals surface area contributed by atoms with E-state index in [4.69, 9.17) is 10.5 Å². The first-order valence-electron chi connectivity index (χ1n) is 7.21. The molecule has 20 heavy (non-hydrogen) atoms. The lowest BCUT2D eigenvalue weighted by molar-refractivity contribution is 0.302. The van der Waals surface area contributed by atoms with Crippen molar-refractivity contribution in [3.8, 4) is 5.75 Å². The van der Waals surface area contributed by atoms with Gasteiger partial charge in [0.15, 0.2) is 0 Å². The average molecular weight is 267 g/mol. The second-order valence-electron chi connectivity index (χ2n) is 5.69. The lowest BCUT2D eigenvalue weighted by atomic mass is 10.1. The largest absolute Gasteiger partial charge is 0.489 e. The zero-order valence-corrected chi connectivity index (χ0v) is 12.1. The molecule has 0 aromatic heterocycles. The highest BCUT2D eigenvalue weighted by atomic mass is 16.5. The molecule has 3 rings (SSSR count). The molecule has 1 unspecified atom stereocenters. The lowest BCUT2D eigenvalue weighted by Crippen LogP contribution is -2.05. The van der Waals surface area contributed by atoms with Crippen LogP contribution in [-0.2, 0) is 13.0 Å². The van der Waals surface area contributed by atoms with Crippen LogP contribution in [0, 0.1) is 13.8 Å². The van der Waals surface area contributed by atoms with Crippen molar-refractivity contribution < 1.29 is 4.74 Å². The van der Waals surface area contributed by atoms with Crippen LogP contribution in [0.2, 0.25) is 0 Å². The Hall–Kier alpha value is -1.80. The Kier molecular flexibility index (Phi) is 3.49. The highest BCUT2D eigenvalue weighted by Gasteiger charge is 2.22. The standard InChI is InChI=1S/C18H21NO/c1-12-6-7-13(2)14(10-12)11-20-18-5-3-4-15-16(18)8-9-17(15)19/h3-7,10,17H,8-9,11,19H2,1-2H3. The van der Waals surface area contributed by atoms with Gasteiger partial charge in [0, 0.05) is 6.04 Å². The van der Waals surface area contributed by atoms with Gasteiger partial charge in [-0.3, -0.25) is 0 Å². The number of rotatable bonds is 3. The van der Waals surface area contributed by atoms with Crippen LogP contribution in [0.5, 0.6) is 5.75 Å². The number of hydrogen-bond acceptors (Lipinski definition) is 2. The van der Waals surface area contributed by atoms with Crippen molar-refractivity contribution in [2.24, 2.45) is 5.73 Å². The fourth-order valence-corrected chi connectivity index (χ4v) is 2.90. The molecule has 1 atom stereocenters. The Bertz CT molecular complexity index is 633. The fraction of sp³-hybridized carbons (Fsp3) is 0.333. The molecule has 0 aliphatic heterocycles. The number of ether oxygens (including phenoxy) is 1. The van der Waals surface area contributed by atoms with E-state index in [0.29, 0.717) is 6.61 Å². The van der Waals surface area contributed by atoms with E-state index in [9.17, 15) is 0 Å². The summed E-state index contributed by atoms with van der Waals surface area (Å²) >= 11 is 0. The van der Waals surface area contributed by atoms with E-state index in [1.807, 2.05) is 6.07 Å². The molecular formula is C18H21NO. The van der Waals surface area contributed by atoms with Crippen molar-refractivity contribution in [1.29, 1.82) is 0 Å². The first-order chi connectivity index (χ1) is 9.65. The smallest absolute Gasteiger partial charge is 0.123 e. The lowest BCUT2D eigenvalue weighted by Gasteiger charge is -2.13. The van der Waals surface area contributed by atoms with E-state index in [1.165, 1.54) is 27.8 Å². The van der Waals surface area contributed by atoms with E-state index in [2.05, 4.69) is 44.2 Å². The molecule has 2 aromatic rings. The molecule has 0 bridgehead atoms. The third kappa shape index (κ3) is 2.44. The predicted molar refractivity (Wildman–Crippen MR) is 81.9 cm³/mol. The number of aryl methyl sites for hydroxylation is 2. The Morgan fingerprint density at radius 1 is 1.20 bits per heavy atom. The van der Waals surface area contributed by atoms with Gasteiger partial charge >= 0.3 is 0 Å². The number of benzene rings is 2. The maximum Gasteiger partial charge on any atom is 0.123 e. The normalized spacial score (nSPS) is 17.1. The molecule has 0 amide bonds. The molecule has 2 heteroatoms. The summed E-state index contributed by atoms with van der Waals surface area (Å²) in [6.45, 7) is 4.87. The van der Waals surface area contributed by atoms with Crippen molar-refractivity contribution in [2.75, 3.05) is 0 Å². The van der Waals surface area contributed by atoms with Crippen LogP contribution in [0.4, 0.5) is 0 Å². The summed E-state index contributed by atoms with van der Waals surface area (Å²) in [5.74, 6) is 0.997. The monoisotopic (exact) mass is 267 g/mol. The molecule has 2 aromatic carbocycles. The minimum Gasteiger partial charge on any atom is -0.489 e. The van der Waals surface area contributed by atoms with Gasteiger partial charge in [0.05, 0.1) is 0 Å². The third-order valence-corrected chi connectivity index (χ3v) is 4.16. The molecule has 0 fully saturated rings. The summed E-state index contributed by atoms with van der Waals surface area (Å²) in [5.41, 5.74) is 12.5. The first-order valence-corrected chi connectivity index (χ1v) is 7.21. The molecule has 0 spiro atoms. The fourth-order valence-electron chi connectivity index (χ4n) is 2.90. The van der Waals surface area contributed by atoms with Gasteiger partial charge in [0.2, 0.25) is 0 Å².